The van der Waals surface area contributed by atoms with Crippen molar-refractivity contribution in [3.8, 4) is 0 Å². The molecule has 1 saturated heterocycles. The fourth-order valence-electron chi connectivity index (χ4n) is 4.83. The van der Waals surface area contributed by atoms with Crippen LogP contribution in [0.5, 0.6) is 0 Å². The van der Waals surface area contributed by atoms with Crippen LogP contribution in [0.15, 0.2) is 10.6 Å². The molecule has 2 aromatic rings. The van der Waals surface area contributed by atoms with Crippen molar-refractivity contribution in [2.75, 3.05) is 19.3 Å². The second kappa shape index (κ2) is 6.36. The average Bonchev–Trinajstić information content (AvgIpc) is 3.01. The third kappa shape index (κ3) is 3.25. The number of carbonyl (C=O) groups excluding carboxylic acids is 1. The van der Waals surface area contributed by atoms with Crippen molar-refractivity contribution in [3.05, 3.63) is 29.2 Å². The normalized spacial score (nSPS) is 29.9. The van der Waals surface area contributed by atoms with Gasteiger partial charge in [0, 0.05) is 30.7 Å². The molecule has 2 saturated carbocycles. The van der Waals surface area contributed by atoms with Crippen LogP contribution in [0, 0.1) is 12.8 Å². The molecule has 1 aliphatic heterocycles. The van der Waals surface area contributed by atoms with Gasteiger partial charge in [-0.05, 0) is 44.6 Å². The van der Waals surface area contributed by atoms with Gasteiger partial charge in [0.2, 0.25) is 15.9 Å². The number of hydrogen-bond donors (Lipinski definition) is 2. The van der Waals surface area contributed by atoms with Crippen LogP contribution in [0.2, 0.25) is 0 Å². The van der Waals surface area contributed by atoms with Crippen LogP contribution in [0.4, 0.5) is 0 Å². The first-order chi connectivity index (χ1) is 13.7. The third-order valence-electron chi connectivity index (χ3n) is 6.45. The summed E-state index contributed by atoms with van der Waals surface area (Å²) in [5.41, 5.74) is 0.831. The summed E-state index contributed by atoms with van der Waals surface area (Å²) < 4.78 is 31.2. The van der Waals surface area contributed by atoms with Gasteiger partial charge < -0.3 is 9.84 Å². The van der Waals surface area contributed by atoms with E-state index in [2.05, 4.69) is 25.7 Å². The van der Waals surface area contributed by atoms with Crippen molar-refractivity contribution >= 4 is 15.9 Å². The first kappa shape index (κ1) is 18.7. The SMILES string of the molecule is Cc1noc([C@]23C[C@H](NC(=O)c4cc(C5CC5)[nH]n4)CC2CN(S(C)(=O)=O)C3)n1. The lowest BCUT2D eigenvalue weighted by molar-refractivity contribution is 0.0929. The maximum absolute atomic E-state index is 12.7. The molecule has 156 valence electrons. The fourth-order valence-corrected chi connectivity index (χ4v) is 5.75. The molecule has 5 rings (SSSR count). The maximum Gasteiger partial charge on any atom is 0.271 e. The van der Waals surface area contributed by atoms with E-state index in [4.69, 9.17) is 4.52 Å². The number of sulfonamides is 1. The Bertz CT molecular complexity index is 1060. The van der Waals surface area contributed by atoms with Gasteiger partial charge in [-0.25, -0.2) is 12.7 Å². The molecule has 3 fully saturated rings. The molecule has 10 nitrogen and oxygen atoms in total. The van der Waals surface area contributed by atoms with E-state index in [9.17, 15) is 13.2 Å². The van der Waals surface area contributed by atoms with E-state index in [1.165, 1.54) is 10.6 Å². The zero-order valence-electron chi connectivity index (χ0n) is 16.4. The monoisotopic (exact) mass is 420 g/mol. The molecule has 0 radical (unpaired) electrons. The summed E-state index contributed by atoms with van der Waals surface area (Å²) in [6.45, 7) is 2.42. The van der Waals surface area contributed by atoms with Gasteiger partial charge in [0.05, 0.1) is 11.7 Å². The molecule has 11 heteroatoms. The highest BCUT2D eigenvalue weighted by Gasteiger charge is 2.59. The molecular formula is C18H24N6O4S. The molecule has 2 aliphatic carbocycles. The zero-order valence-corrected chi connectivity index (χ0v) is 17.2. The summed E-state index contributed by atoms with van der Waals surface area (Å²) in [4.78, 5) is 17.1. The minimum atomic E-state index is -3.32. The Labute approximate surface area is 168 Å². The molecule has 0 bridgehead atoms. The first-order valence-corrected chi connectivity index (χ1v) is 11.7. The zero-order chi connectivity index (χ0) is 20.4. The second-order valence-electron chi connectivity index (χ2n) is 8.65. The van der Waals surface area contributed by atoms with Gasteiger partial charge in [0.15, 0.2) is 5.82 Å². The lowest BCUT2D eigenvalue weighted by atomic mass is 9.80. The summed E-state index contributed by atoms with van der Waals surface area (Å²) in [7, 11) is -3.32. The maximum atomic E-state index is 12.7. The summed E-state index contributed by atoms with van der Waals surface area (Å²) in [6.07, 6.45) is 4.69. The van der Waals surface area contributed by atoms with E-state index in [0.717, 1.165) is 18.5 Å². The van der Waals surface area contributed by atoms with Crippen LogP contribution in [0.1, 0.15) is 59.5 Å². The van der Waals surface area contributed by atoms with E-state index < -0.39 is 15.4 Å². The van der Waals surface area contributed by atoms with Crippen molar-refractivity contribution in [1.29, 1.82) is 0 Å². The average molecular weight is 420 g/mol. The van der Waals surface area contributed by atoms with Gasteiger partial charge in [0.25, 0.3) is 5.91 Å². The summed E-state index contributed by atoms with van der Waals surface area (Å²) >= 11 is 0. The first-order valence-electron chi connectivity index (χ1n) is 9.87. The number of fused-ring (bicyclic) bond motifs is 1. The summed E-state index contributed by atoms with van der Waals surface area (Å²) in [5, 5.41) is 14.1. The van der Waals surface area contributed by atoms with Gasteiger partial charge >= 0.3 is 0 Å². The highest BCUT2D eigenvalue weighted by molar-refractivity contribution is 7.88. The Kier molecular flexibility index (Phi) is 4.11. The number of nitrogens with one attached hydrogen (secondary N) is 2. The highest BCUT2D eigenvalue weighted by Crippen LogP contribution is 2.50. The number of nitrogens with zero attached hydrogens (tertiary/aromatic N) is 4. The molecule has 0 aromatic carbocycles. The molecule has 0 spiro atoms. The Morgan fingerprint density at radius 3 is 2.86 bits per heavy atom. The fraction of sp³-hybridized carbons (Fsp3) is 0.667. The van der Waals surface area contributed by atoms with Gasteiger partial charge in [-0.1, -0.05) is 5.16 Å². The minimum Gasteiger partial charge on any atom is -0.348 e. The van der Waals surface area contributed by atoms with Crippen LogP contribution >= 0.6 is 0 Å². The number of aryl methyl sites for hydroxylation is 1. The molecule has 29 heavy (non-hydrogen) atoms. The Balaban J connectivity index is 1.36. The van der Waals surface area contributed by atoms with Crippen molar-refractivity contribution in [2.45, 2.75) is 50.0 Å². The molecule has 3 heterocycles. The molecular weight excluding hydrogens is 396 g/mol. The lowest BCUT2D eigenvalue weighted by Crippen LogP contribution is -2.39. The molecule has 2 N–H and O–H groups in total. The summed E-state index contributed by atoms with van der Waals surface area (Å²) in [5.74, 6) is 1.26. The third-order valence-corrected chi connectivity index (χ3v) is 7.67. The van der Waals surface area contributed by atoms with Crippen molar-refractivity contribution in [1.82, 2.24) is 30.0 Å². The van der Waals surface area contributed by atoms with Gasteiger partial charge in [-0.2, -0.15) is 10.1 Å². The Hall–Kier alpha value is -2.27. The van der Waals surface area contributed by atoms with Gasteiger partial charge in [0.1, 0.15) is 5.69 Å². The molecule has 3 aliphatic rings. The number of aromatic amines is 1. The van der Waals surface area contributed by atoms with Crippen molar-refractivity contribution < 1.29 is 17.7 Å². The number of carbonyl (C=O) groups is 1. The standard InChI is InChI=1S/C18H24N6O4S/c1-10-19-17(28-23-10)18-7-13(5-12(18)8-24(9-18)29(2,26)27)20-16(25)15-6-14(21-22-15)11-3-4-11/h6,11-13H,3-5,7-9H2,1-2H3,(H,20,25)(H,21,22)/t12?,13-,18+/m1/s1. The van der Waals surface area contributed by atoms with Crippen LogP contribution in [-0.4, -0.2) is 64.4 Å². The predicted molar refractivity (Wildman–Crippen MR) is 102 cm³/mol. The van der Waals surface area contributed by atoms with E-state index >= 15 is 0 Å². The van der Waals surface area contributed by atoms with Crippen LogP contribution in [0.25, 0.3) is 0 Å². The number of aromatic nitrogens is 4. The Morgan fingerprint density at radius 1 is 1.41 bits per heavy atom. The van der Waals surface area contributed by atoms with Crippen LogP contribution < -0.4 is 5.32 Å². The van der Waals surface area contributed by atoms with Gasteiger partial charge in [-0.15, -0.1) is 0 Å². The van der Waals surface area contributed by atoms with Crippen molar-refractivity contribution in [2.24, 2.45) is 5.92 Å². The van der Waals surface area contributed by atoms with Crippen molar-refractivity contribution in [3.63, 3.8) is 0 Å². The van der Waals surface area contributed by atoms with E-state index in [0.29, 0.717) is 49.3 Å². The summed E-state index contributed by atoms with van der Waals surface area (Å²) in [6, 6.07) is 1.72. The predicted octanol–water partition coefficient (Wildman–Crippen LogP) is 0.700. The second-order valence-corrected chi connectivity index (χ2v) is 10.6. The molecule has 3 atom stereocenters. The topological polar surface area (TPSA) is 134 Å². The largest absolute Gasteiger partial charge is 0.348 e. The highest BCUT2D eigenvalue weighted by atomic mass is 32.2. The smallest absolute Gasteiger partial charge is 0.271 e. The molecule has 1 unspecified atom stereocenters. The van der Waals surface area contributed by atoms with E-state index in [-0.39, 0.29) is 17.9 Å². The quantitative estimate of drug-likeness (QED) is 0.727. The minimum absolute atomic E-state index is 0.00332. The number of rotatable bonds is 5. The van der Waals surface area contributed by atoms with E-state index in [1.807, 2.05) is 6.07 Å². The van der Waals surface area contributed by atoms with Gasteiger partial charge in [-0.3, -0.25) is 9.89 Å². The van der Waals surface area contributed by atoms with Crippen LogP contribution in [-0.2, 0) is 15.4 Å². The molecule has 2 aromatic heterocycles. The number of hydrogen-bond acceptors (Lipinski definition) is 7. The Morgan fingerprint density at radius 2 is 2.21 bits per heavy atom. The number of H-pyrrole nitrogens is 1. The lowest BCUT2D eigenvalue weighted by Gasteiger charge is -2.24. The number of amides is 1. The van der Waals surface area contributed by atoms with E-state index in [1.54, 1.807) is 6.92 Å². The van der Waals surface area contributed by atoms with Crippen LogP contribution in [0.3, 0.4) is 0 Å². The molecule has 1 amide bonds.